The number of allylic oxidation sites excluding steroid dienone is 1. The first kappa shape index (κ1) is 29.7. The zero-order valence-electron chi connectivity index (χ0n) is 24.6. The SMILES string of the molecule is CCOC(=O)C1=C(C)N=c2s/c(=C\c3ccc(OCc4ccccc4)c(OC)c3)c(=O)n2C1c1ccc(OC)cc1OC. The van der Waals surface area contributed by atoms with Gasteiger partial charge in [-0.25, -0.2) is 9.79 Å². The fraction of sp³-hybridized carbons (Fsp3) is 0.242. The van der Waals surface area contributed by atoms with Crippen LogP contribution in [0.2, 0.25) is 0 Å². The highest BCUT2D eigenvalue weighted by molar-refractivity contribution is 7.07. The summed E-state index contributed by atoms with van der Waals surface area (Å²) in [6, 6.07) is 19.8. The number of esters is 1. The van der Waals surface area contributed by atoms with Gasteiger partial charge in [0.25, 0.3) is 5.56 Å². The first-order chi connectivity index (χ1) is 20.9. The Kier molecular flexibility index (Phi) is 8.96. The summed E-state index contributed by atoms with van der Waals surface area (Å²) in [6.07, 6.45) is 1.78. The van der Waals surface area contributed by atoms with Crippen LogP contribution in [-0.2, 0) is 16.1 Å². The summed E-state index contributed by atoms with van der Waals surface area (Å²) in [5.41, 5.74) is 2.82. The number of rotatable bonds is 10. The third kappa shape index (κ3) is 6.05. The molecule has 0 saturated carbocycles. The Morgan fingerprint density at radius 3 is 2.42 bits per heavy atom. The van der Waals surface area contributed by atoms with Crippen LogP contribution in [0.15, 0.2) is 87.8 Å². The van der Waals surface area contributed by atoms with E-state index in [9.17, 15) is 9.59 Å². The highest BCUT2D eigenvalue weighted by Crippen LogP contribution is 2.37. The lowest BCUT2D eigenvalue weighted by Gasteiger charge is -2.26. The maximum absolute atomic E-state index is 14.0. The first-order valence-corrected chi connectivity index (χ1v) is 14.5. The predicted molar refractivity (Wildman–Crippen MR) is 164 cm³/mol. The number of aromatic nitrogens is 1. The van der Waals surface area contributed by atoms with Crippen LogP contribution in [0.5, 0.6) is 23.0 Å². The maximum Gasteiger partial charge on any atom is 0.338 e. The van der Waals surface area contributed by atoms with E-state index in [2.05, 4.69) is 4.99 Å². The summed E-state index contributed by atoms with van der Waals surface area (Å²) in [5, 5.41) is 0. The maximum atomic E-state index is 14.0. The molecule has 1 atom stereocenters. The molecule has 222 valence electrons. The van der Waals surface area contributed by atoms with Crippen molar-refractivity contribution < 1.29 is 28.5 Å². The van der Waals surface area contributed by atoms with E-state index >= 15 is 0 Å². The average molecular weight is 601 g/mol. The van der Waals surface area contributed by atoms with Crippen LogP contribution in [0.3, 0.4) is 0 Å². The summed E-state index contributed by atoms with van der Waals surface area (Å²) in [5.74, 6) is 1.63. The number of thiazole rings is 1. The van der Waals surface area contributed by atoms with Crippen molar-refractivity contribution in [2.45, 2.75) is 26.5 Å². The molecule has 0 aliphatic carbocycles. The second-order valence-corrected chi connectivity index (χ2v) is 10.6. The molecule has 0 saturated heterocycles. The molecule has 2 heterocycles. The molecule has 0 spiro atoms. The molecule has 1 aliphatic heterocycles. The van der Waals surface area contributed by atoms with Gasteiger partial charge < -0.3 is 23.7 Å². The third-order valence-electron chi connectivity index (χ3n) is 6.97. The number of nitrogens with zero attached hydrogens (tertiary/aromatic N) is 2. The lowest BCUT2D eigenvalue weighted by molar-refractivity contribution is -0.139. The van der Waals surface area contributed by atoms with E-state index in [4.69, 9.17) is 23.7 Å². The molecule has 0 amide bonds. The Morgan fingerprint density at radius 2 is 1.72 bits per heavy atom. The van der Waals surface area contributed by atoms with Crippen molar-refractivity contribution in [2.75, 3.05) is 27.9 Å². The van der Waals surface area contributed by atoms with Gasteiger partial charge in [-0.1, -0.05) is 47.7 Å². The van der Waals surface area contributed by atoms with Crippen molar-refractivity contribution in [3.05, 3.63) is 114 Å². The highest BCUT2D eigenvalue weighted by Gasteiger charge is 2.35. The summed E-state index contributed by atoms with van der Waals surface area (Å²) >= 11 is 1.24. The number of ether oxygens (including phenoxy) is 5. The minimum Gasteiger partial charge on any atom is -0.497 e. The molecular formula is C33H32N2O7S. The number of hydrogen-bond acceptors (Lipinski definition) is 9. The van der Waals surface area contributed by atoms with Crippen LogP contribution >= 0.6 is 11.3 Å². The van der Waals surface area contributed by atoms with Gasteiger partial charge in [0.2, 0.25) is 0 Å². The molecular weight excluding hydrogens is 568 g/mol. The van der Waals surface area contributed by atoms with Crippen molar-refractivity contribution >= 4 is 23.4 Å². The molecule has 1 aromatic heterocycles. The molecule has 0 bridgehead atoms. The quantitative estimate of drug-likeness (QED) is 0.249. The summed E-state index contributed by atoms with van der Waals surface area (Å²) in [7, 11) is 4.66. The molecule has 0 N–H and O–H groups in total. The average Bonchev–Trinajstić information content (AvgIpc) is 3.33. The lowest BCUT2D eigenvalue weighted by Crippen LogP contribution is -2.40. The van der Waals surface area contributed by atoms with Crippen molar-refractivity contribution in [1.82, 2.24) is 4.57 Å². The van der Waals surface area contributed by atoms with Gasteiger partial charge in [-0.05, 0) is 55.3 Å². The normalized spacial score (nSPS) is 14.5. The number of carbonyl (C=O) groups excluding carboxylic acids is 1. The lowest BCUT2D eigenvalue weighted by atomic mass is 9.95. The topological polar surface area (TPSA) is 97.6 Å². The minimum absolute atomic E-state index is 0.180. The molecule has 9 nitrogen and oxygen atoms in total. The van der Waals surface area contributed by atoms with Crippen LogP contribution in [-0.4, -0.2) is 38.5 Å². The molecule has 0 fully saturated rings. The largest absolute Gasteiger partial charge is 0.497 e. The van der Waals surface area contributed by atoms with Crippen LogP contribution in [0, 0.1) is 0 Å². The minimum atomic E-state index is -0.818. The van der Waals surface area contributed by atoms with E-state index in [0.717, 1.165) is 11.1 Å². The van der Waals surface area contributed by atoms with E-state index in [-0.39, 0.29) is 17.7 Å². The van der Waals surface area contributed by atoms with Crippen molar-refractivity contribution in [2.24, 2.45) is 4.99 Å². The summed E-state index contributed by atoms with van der Waals surface area (Å²) in [6.45, 7) is 4.05. The highest BCUT2D eigenvalue weighted by atomic mass is 32.1. The molecule has 1 aliphatic rings. The van der Waals surface area contributed by atoms with E-state index in [1.165, 1.54) is 23.0 Å². The zero-order valence-corrected chi connectivity index (χ0v) is 25.4. The van der Waals surface area contributed by atoms with Gasteiger partial charge in [0.05, 0.1) is 43.7 Å². The third-order valence-corrected chi connectivity index (χ3v) is 7.96. The van der Waals surface area contributed by atoms with Gasteiger partial charge in [0.1, 0.15) is 24.1 Å². The van der Waals surface area contributed by atoms with E-state index in [1.807, 2.05) is 48.5 Å². The van der Waals surface area contributed by atoms with Gasteiger partial charge in [-0.2, -0.15) is 0 Å². The standard InChI is InChI=1S/C33H32N2O7S/c1-6-41-32(37)29-20(2)34-33-35(30(29)24-14-13-23(38-3)18-26(24)39-4)31(36)28(43-33)17-22-12-15-25(27(16-22)40-5)42-19-21-10-8-7-9-11-21/h7-18,30H,6,19H2,1-5H3/b28-17-. The number of hydrogen-bond donors (Lipinski definition) is 0. The van der Waals surface area contributed by atoms with Gasteiger partial charge >= 0.3 is 5.97 Å². The Bertz CT molecular complexity index is 1860. The fourth-order valence-corrected chi connectivity index (χ4v) is 5.96. The van der Waals surface area contributed by atoms with Crippen molar-refractivity contribution in [3.63, 3.8) is 0 Å². The number of fused-ring (bicyclic) bond motifs is 1. The Morgan fingerprint density at radius 1 is 0.953 bits per heavy atom. The van der Waals surface area contributed by atoms with Gasteiger partial charge in [0.15, 0.2) is 16.3 Å². The Balaban J connectivity index is 1.59. The number of benzene rings is 3. The second-order valence-electron chi connectivity index (χ2n) is 9.59. The van der Waals surface area contributed by atoms with E-state index < -0.39 is 12.0 Å². The monoisotopic (exact) mass is 600 g/mol. The smallest absolute Gasteiger partial charge is 0.338 e. The van der Waals surface area contributed by atoms with Gasteiger partial charge in [0, 0.05) is 11.6 Å². The second kappa shape index (κ2) is 13.0. The molecule has 43 heavy (non-hydrogen) atoms. The fourth-order valence-electron chi connectivity index (χ4n) is 4.91. The number of methoxy groups -OCH3 is 3. The summed E-state index contributed by atoms with van der Waals surface area (Å²) in [4.78, 5) is 32.4. The zero-order chi connectivity index (χ0) is 30.5. The predicted octanol–water partition coefficient (Wildman–Crippen LogP) is 4.40. The molecule has 4 aromatic rings. The molecule has 0 radical (unpaired) electrons. The Hall–Kier alpha value is -4.83. The summed E-state index contributed by atoms with van der Waals surface area (Å²) < 4.78 is 30.0. The number of carbonyl (C=O) groups is 1. The van der Waals surface area contributed by atoms with Crippen LogP contribution in [0.4, 0.5) is 0 Å². The molecule has 5 rings (SSSR count). The van der Waals surface area contributed by atoms with E-state index in [1.54, 1.807) is 52.3 Å². The van der Waals surface area contributed by atoms with Gasteiger partial charge in [-0.3, -0.25) is 9.36 Å². The van der Waals surface area contributed by atoms with Crippen molar-refractivity contribution in [1.29, 1.82) is 0 Å². The van der Waals surface area contributed by atoms with Crippen LogP contribution in [0.25, 0.3) is 6.08 Å². The Labute approximate surface area is 252 Å². The van der Waals surface area contributed by atoms with Gasteiger partial charge in [-0.15, -0.1) is 0 Å². The molecule has 1 unspecified atom stereocenters. The van der Waals surface area contributed by atoms with Crippen LogP contribution < -0.4 is 33.8 Å². The first-order valence-electron chi connectivity index (χ1n) is 13.6. The molecule has 10 heteroatoms. The van der Waals surface area contributed by atoms with E-state index in [0.29, 0.717) is 50.2 Å². The van der Waals surface area contributed by atoms with Crippen molar-refractivity contribution in [3.8, 4) is 23.0 Å². The molecule has 3 aromatic carbocycles. The van der Waals surface area contributed by atoms with Crippen LogP contribution in [0.1, 0.15) is 36.6 Å².